The highest BCUT2D eigenvalue weighted by molar-refractivity contribution is 7.80. The summed E-state index contributed by atoms with van der Waals surface area (Å²) < 4.78 is 0. The molecule has 0 bridgehead atoms. The van der Waals surface area contributed by atoms with Crippen molar-refractivity contribution in [2.45, 2.75) is 100 Å². The van der Waals surface area contributed by atoms with Crippen molar-refractivity contribution >= 4 is 65.9 Å². The number of thiol groups is 1. The number of rotatable bonds is 14. The zero-order valence-electron chi connectivity index (χ0n) is 30.3. The van der Waals surface area contributed by atoms with E-state index in [4.69, 9.17) is 5.11 Å². The largest absolute Gasteiger partial charge is 0.480 e. The van der Waals surface area contributed by atoms with E-state index in [1.54, 1.807) is 4.90 Å². The van der Waals surface area contributed by atoms with Gasteiger partial charge in [0.1, 0.15) is 36.8 Å². The highest BCUT2D eigenvalue weighted by Crippen LogP contribution is 2.26. The molecule has 5 saturated heterocycles. The molecule has 19 nitrogen and oxygen atoms in total. The van der Waals surface area contributed by atoms with E-state index in [1.807, 2.05) is 0 Å². The van der Waals surface area contributed by atoms with Gasteiger partial charge in [0.05, 0.1) is 19.1 Å². The fourth-order valence-corrected chi connectivity index (χ4v) is 8.34. The number of carbonyl (C=O) groups excluding carboxylic acids is 8. The van der Waals surface area contributed by atoms with Gasteiger partial charge < -0.3 is 51.3 Å². The maximum Gasteiger partial charge on any atom is 0.322 e. The SMILES string of the molecule is O=C(O)CNC(=O)[C@@H]1CCCN1C(=O)[C@@H]1CCCN1C(=O)CNC(=O)[C@@H]1CCCN1C(=O)[C@H](CS)NC(=O)CNC(=O)[C@@H]1CCCN1C(=O)[C@@H]1CCCN1. The maximum absolute atomic E-state index is 13.5. The molecule has 0 radical (unpaired) electrons. The predicted molar refractivity (Wildman–Crippen MR) is 192 cm³/mol. The van der Waals surface area contributed by atoms with E-state index in [0.29, 0.717) is 70.9 Å². The third-order valence-electron chi connectivity index (χ3n) is 10.8. The van der Waals surface area contributed by atoms with Gasteiger partial charge in [-0.15, -0.1) is 0 Å². The quantitative estimate of drug-likeness (QED) is 0.0856. The van der Waals surface area contributed by atoms with Crippen LogP contribution in [0.15, 0.2) is 0 Å². The molecule has 0 aromatic carbocycles. The van der Waals surface area contributed by atoms with Crippen molar-refractivity contribution in [3.8, 4) is 0 Å². The zero-order valence-corrected chi connectivity index (χ0v) is 31.2. The first-order chi connectivity index (χ1) is 25.9. The highest BCUT2D eigenvalue weighted by atomic mass is 32.1. The number of carboxylic acids is 1. The summed E-state index contributed by atoms with van der Waals surface area (Å²) in [5.74, 6) is -5.05. The molecule has 6 N–H and O–H groups in total. The van der Waals surface area contributed by atoms with Gasteiger partial charge in [-0.3, -0.25) is 43.2 Å². The molecule has 0 aromatic heterocycles. The Labute approximate surface area is 318 Å². The first kappa shape index (κ1) is 40.7. The van der Waals surface area contributed by atoms with Crippen LogP contribution in [0.5, 0.6) is 0 Å². The topological polar surface area (TPSA) is 247 Å². The molecule has 5 aliphatic heterocycles. The zero-order chi connectivity index (χ0) is 38.9. The van der Waals surface area contributed by atoms with Crippen LogP contribution in [0.1, 0.15) is 64.2 Å². The Morgan fingerprint density at radius 1 is 0.611 bits per heavy atom. The standard InChI is InChI=1S/C34H51N9O10S/c44-26(16-36-29(48)22-7-2-13-41(22)32(51)20-6-1-11-35-20)39-21(19-54)33(52)42-14-3-8-23(42)30(49)37-17-27(45)40-12-5-10-25(40)34(53)43-15-4-9-24(43)31(50)38-18-28(46)47/h20-25,35,54H,1-19H2,(H,36,48)(H,37,49)(H,38,50)(H,39,44)(H,46,47)/t20-,21-,22-,23-,24-,25-/m0/s1. The van der Waals surface area contributed by atoms with Gasteiger partial charge in [-0.1, -0.05) is 0 Å². The van der Waals surface area contributed by atoms with E-state index in [-0.39, 0.29) is 30.8 Å². The van der Waals surface area contributed by atoms with Crippen LogP contribution in [-0.2, 0) is 43.2 Å². The molecule has 0 saturated carbocycles. The van der Waals surface area contributed by atoms with E-state index in [9.17, 15) is 43.2 Å². The molecule has 6 atom stereocenters. The summed E-state index contributed by atoms with van der Waals surface area (Å²) >= 11 is 4.24. The van der Waals surface area contributed by atoms with Crippen molar-refractivity contribution in [1.29, 1.82) is 0 Å². The van der Waals surface area contributed by atoms with Gasteiger partial charge in [0.2, 0.25) is 47.3 Å². The predicted octanol–water partition coefficient (Wildman–Crippen LogP) is -3.45. The molecule has 20 heteroatoms. The minimum Gasteiger partial charge on any atom is -0.480 e. The van der Waals surface area contributed by atoms with Crippen LogP contribution in [0.4, 0.5) is 0 Å². The summed E-state index contributed by atoms with van der Waals surface area (Å²) in [6.07, 6.45) is 5.45. The molecular weight excluding hydrogens is 726 g/mol. The number of hydrogen-bond donors (Lipinski definition) is 7. The third-order valence-corrected chi connectivity index (χ3v) is 11.2. The summed E-state index contributed by atoms with van der Waals surface area (Å²) in [7, 11) is 0. The van der Waals surface area contributed by atoms with E-state index in [1.165, 1.54) is 14.7 Å². The molecule has 0 aromatic rings. The molecule has 0 unspecified atom stereocenters. The first-order valence-electron chi connectivity index (χ1n) is 18.8. The molecule has 298 valence electrons. The second-order valence-corrected chi connectivity index (χ2v) is 14.7. The second kappa shape index (κ2) is 18.7. The van der Waals surface area contributed by atoms with Gasteiger partial charge in [-0.2, -0.15) is 12.6 Å². The molecule has 5 rings (SSSR count). The molecule has 5 aliphatic rings. The van der Waals surface area contributed by atoms with Crippen LogP contribution in [0.2, 0.25) is 0 Å². The van der Waals surface area contributed by atoms with Crippen LogP contribution in [0.3, 0.4) is 0 Å². The lowest BCUT2D eigenvalue weighted by Crippen LogP contribution is -2.57. The van der Waals surface area contributed by atoms with Gasteiger partial charge in [0.15, 0.2) is 0 Å². The van der Waals surface area contributed by atoms with Crippen molar-refractivity contribution in [3.63, 3.8) is 0 Å². The monoisotopic (exact) mass is 777 g/mol. The number of likely N-dealkylation sites (tertiary alicyclic amines) is 4. The minimum absolute atomic E-state index is 0.0788. The minimum atomic E-state index is -1.20. The molecule has 54 heavy (non-hydrogen) atoms. The number of carbonyl (C=O) groups is 9. The fraction of sp³-hybridized carbons (Fsp3) is 0.735. The van der Waals surface area contributed by atoms with E-state index in [2.05, 4.69) is 39.2 Å². The summed E-state index contributed by atoms with van der Waals surface area (Å²) in [6.45, 7) is 0.631. The fourth-order valence-electron chi connectivity index (χ4n) is 8.10. The Bertz CT molecular complexity index is 1490. The van der Waals surface area contributed by atoms with Crippen LogP contribution in [-0.4, -0.2) is 172 Å². The van der Waals surface area contributed by atoms with Crippen LogP contribution in [0.25, 0.3) is 0 Å². The third kappa shape index (κ3) is 9.60. The number of amides is 8. The second-order valence-electron chi connectivity index (χ2n) is 14.3. The average Bonchev–Trinajstić information content (AvgIpc) is 4.01. The van der Waals surface area contributed by atoms with Gasteiger partial charge in [0, 0.05) is 31.9 Å². The normalized spacial score (nSPS) is 25.7. The molecule has 0 aliphatic carbocycles. The number of nitrogens with zero attached hydrogens (tertiary/aromatic N) is 4. The van der Waals surface area contributed by atoms with Crippen molar-refractivity contribution in [2.75, 3.05) is 58.1 Å². The Kier molecular flexibility index (Phi) is 14.1. The lowest BCUT2D eigenvalue weighted by atomic mass is 10.1. The molecule has 8 amide bonds. The summed E-state index contributed by atoms with van der Waals surface area (Å²) in [5.41, 5.74) is 0. The van der Waals surface area contributed by atoms with Crippen molar-refractivity contribution in [2.24, 2.45) is 0 Å². The lowest BCUT2D eigenvalue weighted by molar-refractivity contribution is -0.147. The van der Waals surface area contributed by atoms with Gasteiger partial charge in [-0.05, 0) is 70.8 Å². The summed E-state index contributed by atoms with van der Waals surface area (Å²) in [6, 6.07) is -4.64. The first-order valence-corrected chi connectivity index (χ1v) is 19.4. The number of hydrogen-bond acceptors (Lipinski definition) is 11. The Balaban J connectivity index is 1.08. The molecule has 5 fully saturated rings. The summed E-state index contributed by atoms with van der Waals surface area (Å²) in [5, 5.41) is 22.1. The Morgan fingerprint density at radius 3 is 1.67 bits per heavy atom. The van der Waals surface area contributed by atoms with Gasteiger partial charge in [-0.25, -0.2) is 0 Å². The highest BCUT2D eigenvalue weighted by Gasteiger charge is 2.43. The van der Waals surface area contributed by atoms with Gasteiger partial charge >= 0.3 is 5.97 Å². The molecule has 5 heterocycles. The van der Waals surface area contributed by atoms with E-state index in [0.717, 1.165) is 13.0 Å². The number of aliphatic carboxylic acids is 1. The maximum atomic E-state index is 13.5. The average molecular weight is 778 g/mol. The van der Waals surface area contributed by atoms with Gasteiger partial charge in [0.25, 0.3) is 0 Å². The number of nitrogens with one attached hydrogen (secondary N) is 5. The molecular formula is C34H51N9O10S. The van der Waals surface area contributed by atoms with Crippen LogP contribution >= 0.6 is 12.6 Å². The van der Waals surface area contributed by atoms with E-state index >= 15 is 0 Å². The smallest absolute Gasteiger partial charge is 0.322 e. The number of carboxylic acid groups (broad SMARTS) is 1. The van der Waals surface area contributed by atoms with Crippen molar-refractivity contribution in [3.05, 3.63) is 0 Å². The Hall–Kier alpha value is -4.46. The van der Waals surface area contributed by atoms with Crippen molar-refractivity contribution in [1.82, 2.24) is 46.2 Å². The van der Waals surface area contributed by atoms with Crippen LogP contribution in [0, 0.1) is 0 Å². The van der Waals surface area contributed by atoms with Crippen molar-refractivity contribution < 1.29 is 48.3 Å². The summed E-state index contributed by atoms with van der Waals surface area (Å²) in [4.78, 5) is 121. The van der Waals surface area contributed by atoms with Crippen LogP contribution < -0.4 is 26.6 Å². The Morgan fingerprint density at radius 2 is 1.11 bits per heavy atom. The van der Waals surface area contributed by atoms with E-state index < -0.39 is 97.2 Å². The molecule has 0 spiro atoms. The lowest BCUT2D eigenvalue weighted by Gasteiger charge is -2.31.